The van der Waals surface area contributed by atoms with E-state index in [4.69, 9.17) is 10.00 Å². The highest BCUT2D eigenvalue weighted by Crippen LogP contribution is 2.22. The third kappa shape index (κ3) is 3.02. The number of hydrogen-bond donors (Lipinski definition) is 0. The average Bonchev–Trinajstić information content (AvgIpc) is 2.69. The molecule has 1 aromatic carbocycles. The SMILES string of the molecule is CC1CN(CCOc2ccccc2C#N)CC1C. The van der Waals surface area contributed by atoms with Crippen molar-refractivity contribution in [3.63, 3.8) is 0 Å². The van der Waals surface area contributed by atoms with Crippen LogP contribution in [-0.4, -0.2) is 31.1 Å². The summed E-state index contributed by atoms with van der Waals surface area (Å²) in [6.45, 7) is 8.51. The maximum atomic E-state index is 8.96. The molecule has 0 spiro atoms. The van der Waals surface area contributed by atoms with E-state index in [9.17, 15) is 0 Å². The molecule has 2 atom stereocenters. The second-order valence-electron chi connectivity index (χ2n) is 5.17. The van der Waals surface area contributed by atoms with Crippen molar-refractivity contribution in [3.05, 3.63) is 29.8 Å². The Morgan fingerprint density at radius 2 is 1.94 bits per heavy atom. The van der Waals surface area contributed by atoms with Gasteiger partial charge in [0, 0.05) is 19.6 Å². The van der Waals surface area contributed by atoms with Crippen LogP contribution < -0.4 is 4.74 Å². The van der Waals surface area contributed by atoms with Gasteiger partial charge in [-0.25, -0.2) is 0 Å². The number of para-hydroxylation sites is 1. The Labute approximate surface area is 109 Å². The van der Waals surface area contributed by atoms with Crippen molar-refractivity contribution in [2.24, 2.45) is 11.8 Å². The predicted octanol–water partition coefficient (Wildman–Crippen LogP) is 2.52. The molecule has 1 aliphatic heterocycles. The molecule has 0 bridgehead atoms. The van der Waals surface area contributed by atoms with Gasteiger partial charge in [0.2, 0.25) is 0 Å². The van der Waals surface area contributed by atoms with Gasteiger partial charge in [0.1, 0.15) is 18.4 Å². The topological polar surface area (TPSA) is 36.3 Å². The van der Waals surface area contributed by atoms with E-state index < -0.39 is 0 Å². The summed E-state index contributed by atoms with van der Waals surface area (Å²) < 4.78 is 5.70. The summed E-state index contributed by atoms with van der Waals surface area (Å²) in [6, 6.07) is 9.55. The first kappa shape index (κ1) is 12.9. The van der Waals surface area contributed by atoms with Gasteiger partial charge >= 0.3 is 0 Å². The van der Waals surface area contributed by atoms with Crippen LogP contribution in [0.15, 0.2) is 24.3 Å². The fourth-order valence-electron chi connectivity index (χ4n) is 2.40. The fourth-order valence-corrected chi connectivity index (χ4v) is 2.40. The largest absolute Gasteiger partial charge is 0.491 e. The van der Waals surface area contributed by atoms with Crippen molar-refractivity contribution in [1.82, 2.24) is 4.90 Å². The molecule has 0 N–H and O–H groups in total. The fraction of sp³-hybridized carbons (Fsp3) is 0.533. The highest BCUT2D eigenvalue weighted by molar-refractivity contribution is 5.42. The van der Waals surface area contributed by atoms with Gasteiger partial charge in [0.25, 0.3) is 0 Å². The number of nitriles is 1. The summed E-state index contributed by atoms with van der Waals surface area (Å²) in [5.41, 5.74) is 0.612. The molecule has 0 radical (unpaired) electrons. The van der Waals surface area contributed by atoms with Gasteiger partial charge in [-0.3, -0.25) is 4.90 Å². The molecule has 0 aliphatic carbocycles. The molecule has 2 rings (SSSR count). The van der Waals surface area contributed by atoms with Crippen LogP contribution in [0.2, 0.25) is 0 Å². The van der Waals surface area contributed by atoms with E-state index in [2.05, 4.69) is 24.8 Å². The van der Waals surface area contributed by atoms with Gasteiger partial charge in [0.15, 0.2) is 0 Å². The van der Waals surface area contributed by atoms with Crippen molar-refractivity contribution in [3.8, 4) is 11.8 Å². The molecule has 1 saturated heterocycles. The van der Waals surface area contributed by atoms with Crippen LogP contribution >= 0.6 is 0 Å². The molecular weight excluding hydrogens is 224 g/mol. The third-order valence-corrected chi connectivity index (χ3v) is 3.74. The van der Waals surface area contributed by atoms with Gasteiger partial charge < -0.3 is 4.74 Å². The summed E-state index contributed by atoms with van der Waals surface area (Å²) in [6.07, 6.45) is 0. The normalized spacial score (nSPS) is 23.8. The lowest BCUT2D eigenvalue weighted by molar-refractivity contribution is 0.231. The Hall–Kier alpha value is -1.53. The number of benzene rings is 1. The third-order valence-electron chi connectivity index (χ3n) is 3.74. The van der Waals surface area contributed by atoms with Gasteiger partial charge in [-0.05, 0) is 24.0 Å². The molecule has 1 heterocycles. The first-order chi connectivity index (χ1) is 8.70. The number of nitrogens with zero attached hydrogens (tertiary/aromatic N) is 2. The quantitative estimate of drug-likeness (QED) is 0.816. The van der Waals surface area contributed by atoms with Crippen LogP contribution in [0.5, 0.6) is 5.75 Å². The minimum Gasteiger partial charge on any atom is -0.491 e. The van der Waals surface area contributed by atoms with Gasteiger partial charge in [-0.1, -0.05) is 26.0 Å². The predicted molar refractivity (Wildman–Crippen MR) is 71.4 cm³/mol. The lowest BCUT2D eigenvalue weighted by Crippen LogP contribution is -2.26. The van der Waals surface area contributed by atoms with Crippen molar-refractivity contribution < 1.29 is 4.74 Å². The Balaban J connectivity index is 1.81. The van der Waals surface area contributed by atoms with E-state index in [-0.39, 0.29) is 0 Å². The van der Waals surface area contributed by atoms with Crippen LogP contribution in [-0.2, 0) is 0 Å². The molecule has 3 nitrogen and oxygen atoms in total. The monoisotopic (exact) mass is 244 g/mol. The summed E-state index contributed by atoms with van der Waals surface area (Å²) >= 11 is 0. The molecule has 3 heteroatoms. The van der Waals surface area contributed by atoms with E-state index in [0.717, 1.165) is 31.5 Å². The van der Waals surface area contributed by atoms with Crippen LogP contribution in [0.3, 0.4) is 0 Å². The zero-order valence-corrected chi connectivity index (χ0v) is 11.1. The number of hydrogen-bond acceptors (Lipinski definition) is 3. The molecule has 1 fully saturated rings. The highest BCUT2D eigenvalue weighted by atomic mass is 16.5. The molecule has 1 aliphatic rings. The lowest BCUT2D eigenvalue weighted by Gasteiger charge is -2.16. The molecule has 96 valence electrons. The molecule has 2 unspecified atom stereocenters. The van der Waals surface area contributed by atoms with E-state index >= 15 is 0 Å². The van der Waals surface area contributed by atoms with Crippen molar-refractivity contribution in [2.75, 3.05) is 26.2 Å². The molecule has 0 saturated carbocycles. The second-order valence-corrected chi connectivity index (χ2v) is 5.17. The highest BCUT2D eigenvalue weighted by Gasteiger charge is 2.25. The minimum atomic E-state index is 0.612. The van der Waals surface area contributed by atoms with Gasteiger partial charge in [-0.2, -0.15) is 5.26 Å². The zero-order valence-electron chi connectivity index (χ0n) is 11.1. The first-order valence-corrected chi connectivity index (χ1v) is 6.55. The molecule has 0 amide bonds. The van der Waals surface area contributed by atoms with Crippen LogP contribution in [0.25, 0.3) is 0 Å². The van der Waals surface area contributed by atoms with E-state index in [1.165, 1.54) is 0 Å². The first-order valence-electron chi connectivity index (χ1n) is 6.55. The smallest absolute Gasteiger partial charge is 0.137 e. The molecule has 1 aromatic rings. The second kappa shape index (κ2) is 5.88. The van der Waals surface area contributed by atoms with Crippen LogP contribution in [0.4, 0.5) is 0 Å². The van der Waals surface area contributed by atoms with Gasteiger partial charge in [-0.15, -0.1) is 0 Å². The number of rotatable bonds is 4. The maximum Gasteiger partial charge on any atom is 0.137 e. The number of ether oxygens (including phenoxy) is 1. The zero-order chi connectivity index (χ0) is 13.0. The summed E-state index contributed by atoms with van der Waals surface area (Å²) in [4.78, 5) is 2.43. The van der Waals surface area contributed by atoms with E-state index in [1.54, 1.807) is 6.07 Å². The standard InChI is InChI=1S/C15H20N2O/c1-12-10-17(11-13(12)2)7-8-18-15-6-4-3-5-14(15)9-16/h3-6,12-13H,7-8,10-11H2,1-2H3. The Bertz CT molecular complexity index is 428. The van der Waals surface area contributed by atoms with Crippen molar-refractivity contribution in [1.29, 1.82) is 5.26 Å². The Kier molecular flexibility index (Phi) is 4.22. The van der Waals surface area contributed by atoms with Crippen molar-refractivity contribution >= 4 is 0 Å². The Morgan fingerprint density at radius 3 is 2.61 bits per heavy atom. The van der Waals surface area contributed by atoms with Crippen molar-refractivity contribution in [2.45, 2.75) is 13.8 Å². The summed E-state index contributed by atoms with van der Waals surface area (Å²) in [7, 11) is 0. The van der Waals surface area contributed by atoms with E-state index in [0.29, 0.717) is 17.9 Å². The lowest BCUT2D eigenvalue weighted by atomic mass is 10.0. The van der Waals surface area contributed by atoms with E-state index in [1.807, 2.05) is 18.2 Å². The summed E-state index contributed by atoms with van der Waals surface area (Å²) in [5.74, 6) is 2.24. The molecule has 18 heavy (non-hydrogen) atoms. The summed E-state index contributed by atoms with van der Waals surface area (Å²) in [5, 5.41) is 8.96. The maximum absolute atomic E-state index is 8.96. The Morgan fingerprint density at radius 1 is 1.28 bits per heavy atom. The van der Waals surface area contributed by atoms with Crippen LogP contribution in [0, 0.1) is 23.2 Å². The average molecular weight is 244 g/mol. The van der Waals surface area contributed by atoms with Crippen LogP contribution in [0.1, 0.15) is 19.4 Å². The minimum absolute atomic E-state index is 0.612. The molecular formula is C15H20N2O. The van der Waals surface area contributed by atoms with Gasteiger partial charge in [0.05, 0.1) is 5.56 Å². The number of likely N-dealkylation sites (tertiary alicyclic amines) is 1. The molecule has 0 aromatic heterocycles.